The van der Waals surface area contributed by atoms with Crippen LogP contribution in [0.5, 0.6) is 5.75 Å². The van der Waals surface area contributed by atoms with Crippen molar-refractivity contribution in [3.05, 3.63) is 95.1 Å². The van der Waals surface area contributed by atoms with Crippen LogP contribution < -0.4 is 19.5 Å². The maximum Gasteiger partial charge on any atom is 0.602 e. The van der Waals surface area contributed by atoms with Crippen LogP contribution in [0.4, 0.5) is 18.9 Å². The second-order valence-electron chi connectivity index (χ2n) is 8.17. The Kier molecular flexibility index (Phi) is 5.75. The number of pyridine rings is 1. The first-order chi connectivity index (χ1) is 17.2. The average Bonchev–Trinajstić information content (AvgIpc) is 3.15. The fraction of sp³-hybridized carbons (Fsp3) is 0.0800. The molecule has 0 aliphatic carbocycles. The van der Waals surface area contributed by atoms with Gasteiger partial charge < -0.3 is 18.7 Å². The molecule has 0 bridgehead atoms. The minimum Gasteiger partial charge on any atom is -0.605 e. The predicted molar refractivity (Wildman–Crippen MR) is 131 cm³/mol. The Bertz CT molecular complexity index is 1510. The highest BCUT2D eigenvalue weighted by molar-refractivity contribution is 9.10. The lowest BCUT2D eigenvalue weighted by Gasteiger charge is -2.39. The number of ether oxygens (including phenoxy) is 1. The fourth-order valence-electron chi connectivity index (χ4n) is 4.67. The van der Waals surface area contributed by atoms with Crippen molar-refractivity contribution in [2.24, 2.45) is 0 Å². The Morgan fingerprint density at radius 2 is 1.69 bits per heavy atom. The van der Waals surface area contributed by atoms with Crippen LogP contribution in [0.2, 0.25) is 0 Å². The van der Waals surface area contributed by atoms with Crippen LogP contribution >= 0.6 is 15.9 Å². The summed E-state index contributed by atoms with van der Waals surface area (Å²) in [6, 6.07) is 20.5. The number of anilines is 1. The number of hydrogen-bond acceptors (Lipinski definition) is 4. The molecular formula is C25H17BBrF3N2O4. The van der Waals surface area contributed by atoms with Gasteiger partial charge in [-0.25, -0.2) is 0 Å². The first-order valence-corrected chi connectivity index (χ1v) is 11.6. The number of methoxy groups -OCH3 is 1. The lowest BCUT2D eigenvalue weighted by molar-refractivity contribution is -0.523. The summed E-state index contributed by atoms with van der Waals surface area (Å²) in [5, 5.41) is 0.577. The maximum absolute atomic E-state index is 14.0. The van der Waals surface area contributed by atoms with Crippen LogP contribution in [0.3, 0.4) is 0 Å². The molecule has 1 amide bonds. The highest BCUT2D eigenvalue weighted by Gasteiger charge is 2.63. The van der Waals surface area contributed by atoms with Gasteiger partial charge >= 0.3 is 18.7 Å². The van der Waals surface area contributed by atoms with E-state index in [0.29, 0.717) is 25.9 Å². The second-order valence-corrected chi connectivity index (χ2v) is 9.02. The molecule has 0 fully saturated rings. The van der Waals surface area contributed by atoms with Crippen molar-refractivity contribution in [1.82, 2.24) is 0 Å². The van der Waals surface area contributed by atoms with Crippen molar-refractivity contribution < 1.29 is 36.6 Å². The summed E-state index contributed by atoms with van der Waals surface area (Å²) in [4.78, 5) is 27.2. The molecule has 1 aromatic heterocycles. The third-order valence-electron chi connectivity index (χ3n) is 6.17. The van der Waals surface area contributed by atoms with Gasteiger partial charge in [-0.2, -0.15) is 13.2 Å². The number of benzene rings is 3. The smallest absolute Gasteiger partial charge is 0.602 e. The summed E-state index contributed by atoms with van der Waals surface area (Å²) in [7, 11) is 1.42. The molecule has 4 aromatic rings. The molecule has 11 heteroatoms. The molecule has 1 atom stereocenters. The monoisotopic (exact) mass is 556 g/mol. The Morgan fingerprint density at radius 1 is 0.972 bits per heavy atom. The van der Waals surface area contributed by atoms with E-state index < -0.39 is 24.7 Å². The number of amides is 1. The van der Waals surface area contributed by atoms with Crippen LogP contribution in [-0.2, 0) is 9.45 Å². The van der Waals surface area contributed by atoms with E-state index in [9.17, 15) is 22.8 Å². The van der Waals surface area contributed by atoms with Crippen LogP contribution in [0.15, 0.2) is 89.5 Å². The fourth-order valence-corrected chi connectivity index (χ4v) is 5.08. The summed E-state index contributed by atoms with van der Waals surface area (Å²) in [5.74, 6) is -2.75. The Labute approximate surface area is 212 Å². The molecule has 0 unspecified atom stereocenters. The van der Waals surface area contributed by atoms with Crippen LogP contribution in [0.25, 0.3) is 10.9 Å². The van der Waals surface area contributed by atoms with E-state index in [2.05, 4.69) is 15.9 Å². The number of carbonyl (C=O) groups excluding carboxylic acids is 2. The maximum atomic E-state index is 14.0. The van der Waals surface area contributed by atoms with E-state index in [-0.39, 0.29) is 16.7 Å². The molecule has 1 aliphatic rings. The molecule has 1 aliphatic heterocycles. The van der Waals surface area contributed by atoms with Gasteiger partial charge in [-0.3, -0.25) is 9.59 Å². The Morgan fingerprint density at radius 3 is 2.39 bits per heavy atom. The molecule has 6 nitrogen and oxygen atoms in total. The van der Waals surface area contributed by atoms with E-state index >= 15 is 0 Å². The van der Waals surface area contributed by atoms with Crippen LogP contribution in [-0.4, -0.2) is 31.8 Å². The zero-order chi connectivity index (χ0) is 25.7. The van der Waals surface area contributed by atoms with Gasteiger partial charge in [-0.1, -0.05) is 41.9 Å². The number of hydrogen-bond donors (Lipinski definition) is 0. The number of rotatable bonds is 4. The number of nitrogens with zero attached hydrogens (tertiary/aromatic N) is 2. The lowest BCUT2D eigenvalue weighted by atomic mass is 9.56. The van der Waals surface area contributed by atoms with Gasteiger partial charge in [0.1, 0.15) is 11.9 Å². The highest BCUT2D eigenvalue weighted by atomic mass is 79.9. The van der Waals surface area contributed by atoms with Crippen LogP contribution in [0.1, 0.15) is 10.4 Å². The van der Waals surface area contributed by atoms with Gasteiger partial charge in [0.25, 0.3) is 5.97 Å². The summed E-state index contributed by atoms with van der Waals surface area (Å²) in [6.45, 7) is -3.27. The van der Waals surface area contributed by atoms with Gasteiger partial charge in [0.2, 0.25) is 0 Å². The first kappa shape index (κ1) is 23.9. The van der Waals surface area contributed by atoms with Crippen molar-refractivity contribution in [1.29, 1.82) is 0 Å². The Hall–Kier alpha value is -3.86. The predicted octanol–water partition coefficient (Wildman–Crippen LogP) is 4.36. The third kappa shape index (κ3) is 3.62. The Balaban J connectivity index is 1.82. The molecule has 0 N–H and O–H groups in total. The molecule has 2 heterocycles. The van der Waals surface area contributed by atoms with Gasteiger partial charge in [-0.15, -0.1) is 0 Å². The number of halogens is 4. The molecule has 182 valence electrons. The topological polar surface area (TPSA) is 59.7 Å². The van der Waals surface area contributed by atoms with Crippen LogP contribution in [0, 0.1) is 0 Å². The molecule has 0 saturated carbocycles. The normalized spacial score (nSPS) is 16.8. The third-order valence-corrected chi connectivity index (χ3v) is 6.86. The van der Waals surface area contributed by atoms with E-state index in [0.717, 1.165) is 0 Å². The van der Waals surface area contributed by atoms with E-state index in [1.165, 1.54) is 42.1 Å². The minimum absolute atomic E-state index is 0.0169. The summed E-state index contributed by atoms with van der Waals surface area (Å²) in [5.41, 5.74) is 0.543. The molecule has 3 aromatic carbocycles. The lowest BCUT2D eigenvalue weighted by Crippen LogP contribution is -2.82. The van der Waals surface area contributed by atoms with E-state index in [1.807, 2.05) is 0 Å². The van der Waals surface area contributed by atoms with Crippen molar-refractivity contribution in [2.45, 2.75) is 6.18 Å². The van der Waals surface area contributed by atoms with Gasteiger partial charge in [-0.05, 0) is 58.4 Å². The first-order valence-electron chi connectivity index (χ1n) is 10.8. The highest BCUT2D eigenvalue weighted by Crippen LogP contribution is 2.37. The van der Waals surface area contributed by atoms with Crippen molar-refractivity contribution in [2.75, 3.05) is 11.9 Å². The molecule has 5 rings (SSSR count). The van der Waals surface area contributed by atoms with Gasteiger partial charge in [0, 0.05) is 9.86 Å². The summed E-state index contributed by atoms with van der Waals surface area (Å²) < 4.78 is 55.1. The van der Waals surface area contributed by atoms with Gasteiger partial charge in [0.05, 0.1) is 18.4 Å². The number of carbonyl (C=O) groups is 2. The van der Waals surface area contributed by atoms with Crippen molar-refractivity contribution in [3.8, 4) is 5.75 Å². The summed E-state index contributed by atoms with van der Waals surface area (Å²) in [6.07, 6.45) is -3.73. The zero-order valence-corrected chi connectivity index (χ0v) is 20.3. The van der Waals surface area contributed by atoms with Crippen molar-refractivity contribution in [3.63, 3.8) is 0 Å². The number of para-hydroxylation sites is 1. The van der Waals surface area contributed by atoms with E-state index in [1.54, 1.807) is 54.6 Å². The molecule has 0 spiro atoms. The second kappa shape index (κ2) is 8.67. The minimum atomic E-state index is -5.24. The average molecular weight is 557 g/mol. The summed E-state index contributed by atoms with van der Waals surface area (Å²) >= 11 is 3.30. The van der Waals surface area contributed by atoms with Gasteiger partial charge in [0.15, 0.2) is 5.52 Å². The zero-order valence-electron chi connectivity index (χ0n) is 18.7. The van der Waals surface area contributed by atoms with E-state index in [4.69, 9.17) is 9.39 Å². The number of aromatic nitrogens is 1. The number of alkyl halides is 3. The SMILES string of the molecule is COc1ccc(Br)c(C(=O)O[B@@-]2(c3ccccc3)N(C(=O)C(F)(F)F)c3cccc4ccc[n+]2c34)c1. The quantitative estimate of drug-likeness (QED) is 0.351. The standard InChI is InChI=1S/C25H17BBrF3N2O4/c1-35-18-12-13-20(27)19(15-18)23(33)36-26(17-9-3-2-4-10-17)31-14-6-8-16-7-5-11-21(22(16)31)32(26)24(34)25(28,29)30/h2-15H,1H3/t26-/m1/s1. The molecular weight excluding hydrogens is 540 g/mol. The molecule has 36 heavy (non-hydrogen) atoms. The molecule has 0 saturated heterocycles. The largest absolute Gasteiger partial charge is 0.605 e. The van der Waals surface area contributed by atoms with Crippen molar-refractivity contribution >= 4 is 56.5 Å². The molecule has 0 radical (unpaired) electrons.